The van der Waals surface area contributed by atoms with E-state index in [9.17, 15) is 44.7 Å². The summed E-state index contributed by atoms with van der Waals surface area (Å²) in [6.45, 7) is 1.61. The molecule has 0 aliphatic heterocycles. The molecule has 2 amide bonds. The number of halogens is 8. The van der Waals surface area contributed by atoms with Crippen LogP contribution >= 0.6 is 0 Å². The van der Waals surface area contributed by atoms with Crippen molar-refractivity contribution in [1.82, 2.24) is 4.90 Å². The molecule has 0 saturated heterocycles. The van der Waals surface area contributed by atoms with Crippen LogP contribution in [0, 0.1) is 11.6 Å². The van der Waals surface area contributed by atoms with E-state index in [1.54, 1.807) is 0 Å². The van der Waals surface area contributed by atoms with Gasteiger partial charge in [0.25, 0.3) is 11.8 Å². The van der Waals surface area contributed by atoms with Crippen LogP contribution in [0.25, 0.3) is 0 Å². The zero-order chi connectivity index (χ0) is 27.8. The number of carbonyl (C=O) groups is 2. The monoisotopic (exact) mass is 537 g/mol. The van der Waals surface area contributed by atoms with Gasteiger partial charge in [-0.2, -0.15) is 26.3 Å². The van der Waals surface area contributed by atoms with Crippen LogP contribution in [0.2, 0.25) is 0 Å². The molecule has 2 aromatic carbocycles. The number of imide groups is 1. The molecule has 0 radical (unpaired) electrons. The SMILES string of the molecule is CCCCCCCCCCN(C(=O)c1cccc(C(F)(F)F)c1F)C(=O)c1cccc(C(F)(F)F)c1F. The Morgan fingerprint density at radius 2 is 1.03 bits per heavy atom. The molecule has 0 N–H and O–H groups in total. The lowest BCUT2D eigenvalue weighted by Crippen LogP contribution is -2.39. The second kappa shape index (κ2) is 13.0. The third-order valence-corrected chi connectivity index (χ3v) is 5.79. The maximum atomic E-state index is 14.6. The fourth-order valence-corrected chi connectivity index (χ4v) is 3.82. The number of unbranched alkanes of at least 4 members (excludes halogenated alkanes) is 7. The number of benzene rings is 2. The molecule has 0 saturated carbocycles. The van der Waals surface area contributed by atoms with E-state index in [2.05, 4.69) is 6.92 Å². The number of hydrogen-bond donors (Lipinski definition) is 0. The molecule has 0 heterocycles. The minimum Gasteiger partial charge on any atom is -0.274 e. The van der Waals surface area contributed by atoms with Crippen LogP contribution in [-0.2, 0) is 12.4 Å². The minimum atomic E-state index is -5.14. The molecule has 3 nitrogen and oxygen atoms in total. The van der Waals surface area contributed by atoms with Gasteiger partial charge in [0.1, 0.15) is 11.6 Å². The normalized spacial score (nSPS) is 12.0. The van der Waals surface area contributed by atoms with Crippen molar-refractivity contribution < 1.29 is 44.7 Å². The Morgan fingerprint density at radius 3 is 1.41 bits per heavy atom. The first-order valence-electron chi connectivity index (χ1n) is 11.9. The molecular formula is C26H27F8NO2. The van der Waals surface area contributed by atoms with Gasteiger partial charge >= 0.3 is 12.4 Å². The summed E-state index contributed by atoms with van der Waals surface area (Å²) in [7, 11) is 0. The summed E-state index contributed by atoms with van der Waals surface area (Å²) < 4.78 is 108. The quantitative estimate of drug-likeness (QED) is 0.164. The van der Waals surface area contributed by atoms with Gasteiger partial charge in [0.05, 0.1) is 22.3 Å². The largest absolute Gasteiger partial charge is 0.419 e. The highest BCUT2D eigenvalue weighted by Crippen LogP contribution is 2.34. The summed E-state index contributed by atoms with van der Waals surface area (Å²) in [5, 5.41) is 0. The minimum absolute atomic E-state index is 0.145. The van der Waals surface area contributed by atoms with Gasteiger partial charge in [0.2, 0.25) is 0 Å². The molecule has 2 rings (SSSR count). The Hall–Kier alpha value is -2.98. The smallest absolute Gasteiger partial charge is 0.274 e. The summed E-state index contributed by atoms with van der Waals surface area (Å²) >= 11 is 0. The van der Waals surface area contributed by atoms with E-state index in [0.717, 1.165) is 56.4 Å². The number of carbonyl (C=O) groups excluding carboxylic acids is 2. The molecule has 0 aromatic heterocycles. The van der Waals surface area contributed by atoms with E-state index in [0.29, 0.717) is 29.9 Å². The predicted octanol–water partition coefficient (Wildman–Crippen LogP) is 8.43. The van der Waals surface area contributed by atoms with E-state index in [1.807, 2.05) is 0 Å². The number of hydrogen-bond acceptors (Lipinski definition) is 2. The lowest BCUT2D eigenvalue weighted by Gasteiger charge is -2.23. The van der Waals surface area contributed by atoms with Crippen molar-refractivity contribution in [1.29, 1.82) is 0 Å². The van der Waals surface area contributed by atoms with Crippen LogP contribution in [0.3, 0.4) is 0 Å². The average molecular weight is 537 g/mol. The third kappa shape index (κ3) is 8.00. The van der Waals surface area contributed by atoms with E-state index < -0.39 is 64.6 Å². The molecule has 0 unspecified atom stereocenters. The molecule has 0 aliphatic carbocycles. The second-order valence-corrected chi connectivity index (χ2v) is 8.57. The maximum Gasteiger partial charge on any atom is 0.419 e. The van der Waals surface area contributed by atoms with E-state index in [4.69, 9.17) is 0 Å². The molecule has 37 heavy (non-hydrogen) atoms. The van der Waals surface area contributed by atoms with Crippen molar-refractivity contribution >= 4 is 11.8 Å². The molecule has 0 spiro atoms. The standard InChI is InChI=1S/C26H27F8NO2/c1-2-3-4-5-6-7-8-9-16-35(23(36)17-12-10-14-19(21(17)27)25(29,30)31)24(37)18-13-11-15-20(22(18)28)26(32,33)34/h10-15H,2-9,16H2,1H3. The van der Waals surface area contributed by atoms with Crippen LogP contribution < -0.4 is 0 Å². The predicted molar refractivity (Wildman–Crippen MR) is 121 cm³/mol. The fourth-order valence-electron chi connectivity index (χ4n) is 3.82. The number of nitrogens with zero attached hydrogens (tertiary/aromatic N) is 1. The van der Waals surface area contributed by atoms with Crippen LogP contribution in [0.4, 0.5) is 35.1 Å². The molecule has 0 atom stereocenters. The van der Waals surface area contributed by atoms with Gasteiger partial charge in [-0.1, -0.05) is 64.0 Å². The van der Waals surface area contributed by atoms with Gasteiger partial charge in [0.15, 0.2) is 0 Å². The Labute approximate surface area is 209 Å². The van der Waals surface area contributed by atoms with Gasteiger partial charge in [-0.25, -0.2) is 8.78 Å². The van der Waals surface area contributed by atoms with Gasteiger partial charge < -0.3 is 0 Å². The van der Waals surface area contributed by atoms with Crippen molar-refractivity contribution in [2.24, 2.45) is 0 Å². The molecule has 0 bridgehead atoms. The van der Waals surface area contributed by atoms with Crippen molar-refractivity contribution in [2.45, 2.75) is 70.6 Å². The lowest BCUT2D eigenvalue weighted by atomic mass is 10.0. The van der Waals surface area contributed by atoms with Crippen LogP contribution in [0.5, 0.6) is 0 Å². The summed E-state index contributed by atoms with van der Waals surface area (Å²) in [6, 6.07) is 3.80. The first-order chi connectivity index (χ1) is 17.3. The maximum absolute atomic E-state index is 14.6. The van der Waals surface area contributed by atoms with E-state index in [1.165, 1.54) is 0 Å². The van der Waals surface area contributed by atoms with Gasteiger partial charge in [0, 0.05) is 6.54 Å². The van der Waals surface area contributed by atoms with Crippen molar-refractivity contribution in [3.63, 3.8) is 0 Å². The van der Waals surface area contributed by atoms with Crippen LogP contribution in [-0.4, -0.2) is 23.3 Å². The zero-order valence-electron chi connectivity index (χ0n) is 20.1. The summed E-state index contributed by atoms with van der Waals surface area (Å²) in [5.74, 6) is -6.88. The van der Waals surface area contributed by atoms with Gasteiger partial charge in [-0.05, 0) is 30.7 Å². The summed E-state index contributed by atoms with van der Waals surface area (Å²) in [6.07, 6.45) is -3.98. The Balaban J connectivity index is 2.36. The van der Waals surface area contributed by atoms with Crippen molar-refractivity contribution in [2.75, 3.05) is 6.54 Å². The molecule has 2 aromatic rings. The summed E-state index contributed by atoms with van der Waals surface area (Å²) in [5.41, 5.74) is -5.70. The Morgan fingerprint density at radius 1 is 0.649 bits per heavy atom. The number of rotatable bonds is 11. The van der Waals surface area contributed by atoms with E-state index >= 15 is 0 Å². The number of amides is 2. The number of alkyl halides is 6. The molecular weight excluding hydrogens is 510 g/mol. The molecule has 11 heteroatoms. The zero-order valence-corrected chi connectivity index (χ0v) is 20.1. The average Bonchev–Trinajstić information content (AvgIpc) is 2.81. The Kier molecular flexibility index (Phi) is 10.6. The van der Waals surface area contributed by atoms with E-state index in [-0.39, 0.29) is 6.42 Å². The highest BCUT2D eigenvalue weighted by molar-refractivity contribution is 6.10. The van der Waals surface area contributed by atoms with Gasteiger partial charge in [-0.15, -0.1) is 0 Å². The van der Waals surface area contributed by atoms with Crippen LogP contribution in [0.15, 0.2) is 36.4 Å². The highest BCUT2D eigenvalue weighted by atomic mass is 19.4. The van der Waals surface area contributed by atoms with Crippen LogP contribution in [0.1, 0.15) is 90.1 Å². The molecule has 0 fully saturated rings. The molecule has 0 aliphatic rings. The van der Waals surface area contributed by atoms with Crippen molar-refractivity contribution in [3.05, 3.63) is 70.3 Å². The molecule has 204 valence electrons. The first kappa shape index (κ1) is 30.2. The topological polar surface area (TPSA) is 37.4 Å². The third-order valence-electron chi connectivity index (χ3n) is 5.79. The first-order valence-corrected chi connectivity index (χ1v) is 11.9. The Bertz CT molecular complexity index is 1000. The van der Waals surface area contributed by atoms with Crippen molar-refractivity contribution in [3.8, 4) is 0 Å². The van der Waals surface area contributed by atoms with Gasteiger partial charge in [-0.3, -0.25) is 14.5 Å². The fraction of sp³-hybridized carbons (Fsp3) is 0.462. The lowest BCUT2D eigenvalue weighted by molar-refractivity contribution is -0.140. The highest BCUT2D eigenvalue weighted by Gasteiger charge is 2.39. The second-order valence-electron chi connectivity index (χ2n) is 8.57. The summed E-state index contributed by atoms with van der Waals surface area (Å²) in [4.78, 5) is 26.4.